The van der Waals surface area contributed by atoms with Gasteiger partial charge in [-0.2, -0.15) is 0 Å². The zero-order valence-electron chi connectivity index (χ0n) is 13.7. The Hall–Kier alpha value is -1.49. The average molecular weight is 314 g/mol. The molecule has 1 aromatic rings. The Bertz CT molecular complexity index is 545. The summed E-state index contributed by atoms with van der Waals surface area (Å²) < 4.78 is 0. The third-order valence-corrected chi connectivity index (χ3v) is 5.69. The van der Waals surface area contributed by atoms with Gasteiger partial charge in [-0.25, -0.2) is 0 Å². The summed E-state index contributed by atoms with van der Waals surface area (Å²) in [5, 5.41) is 0. The first-order valence-electron chi connectivity index (χ1n) is 9.09. The maximum Gasteiger partial charge on any atom is 0.222 e. The van der Waals surface area contributed by atoms with Crippen molar-refractivity contribution in [2.24, 2.45) is 5.92 Å². The maximum absolute atomic E-state index is 12.5. The summed E-state index contributed by atoms with van der Waals surface area (Å²) in [5.41, 5.74) is 0.910. The highest BCUT2D eigenvalue weighted by Gasteiger charge is 2.42. The van der Waals surface area contributed by atoms with Gasteiger partial charge in [0.05, 0.1) is 5.69 Å². The molecule has 0 radical (unpaired) electrons. The minimum atomic E-state index is 0.289. The molecule has 23 heavy (non-hydrogen) atoms. The molecule has 0 bridgehead atoms. The first-order chi connectivity index (χ1) is 11.3. The monoisotopic (exact) mass is 314 g/mol. The third kappa shape index (κ3) is 3.39. The van der Waals surface area contributed by atoms with E-state index in [9.17, 15) is 4.79 Å². The molecule has 0 unspecified atom stereocenters. The highest BCUT2D eigenvalue weighted by molar-refractivity contribution is 5.76. The number of aromatic nitrogens is 2. The van der Waals surface area contributed by atoms with E-state index in [0.29, 0.717) is 18.8 Å². The van der Waals surface area contributed by atoms with E-state index >= 15 is 0 Å². The molecular weight excluding hydrogens is 288 g/mol. The summed E-state index contributed by atoms with van der Waals surface area (Å²) in [7, 11) is 0. The summed E-state index contributed by atoms with van der Waals surface area (Å²) in [4.78, 5) is 25.7. The fourth-order valence-corrected chi connectivity index (χ4v) is 4.38. The number of piperidine rings is 2. The van der Waals surface area contributed by atoms with Crippen molar-refractivity contribution in [1.29, 1.82) is 0 Å². The van der Waals surface area contributed by atoms with Gasteiger partial charge in [0.15, 0.2) is 0 Å². The molecular formula is C18H26N4O. The standard InChI is InChI=1S/C18H26N4O/c23-18(6-3-15-12-19-8-9-20-15)21-11-7-17-14(13-21)2-1-10-22(17)16-4-5-16/h8-9,12,14,16-17H,1-7,10-11,13H2/t14-,17-/m0/s1. The van der Waals surface area contributed by atoms with E-state index in [0.717, 1.165) is 37.3 Å². The van der Waals surface area contributed by atoms with Crippen LogP contribution in [0.1, 0.15) is 44.2 Å². The van der Waals surface area contributed by atoms with E-state index < -0.39 is 0 Å². The van der Waals surface area contributed by atoms with Crippen molar-refractivity contribution < 1.29 is 4.79 Å². The number of carbonyl (C=O) groups excluding carboxylic acids is 1. The Morgan fingerprint density at radius 1 is 1.17 bits per heavy atom. The van der Waals surface area contributed by atoms with Gasteiger partial charge in [-0.05, 0) is 51.0 Å². The molecule has 0 spiro atoms. The number of fused-ring (bicyclic) bond motifs is 1. The van der Waals surface area contributed by atoms with Gasteiger partial charge in [0.25, 0.3) is 0 Å². The lowest BCUT2D eigenvalue weighted by Gasteiger charge is -2.47. The third-order valence-electron chi connectivity index (χ3n) is 5.69. The van der Waals surface area contributed by atoms with Crippen molar-refractivity contribution in [3.63, 3.8) is 0 Å². The van der Waals surface area contributed by atoms with E-state index in [1.54, 1.807) is 18.6 Å². The van der Waals surface area contributed by atoms with Crippen LogP contribution in [0.2, 0.25) is 0 Å². The molecule has 5 heteroatoms. The number of hydrogen-bond acceptors (Lipinski definition) is 4. The first-order valence-corrected chi connectivity index (χ1v) is 9.09. The van der Waals surface area contributed by atoms with E-state index in [-0.39, 0.29) is 5.91 Å². The van der Waals surface area contributed by atoms with Gasteiger partial charge in [0, 0.05) is 50.2 Å². The summed E-state index contributed by atoms with van der Waals surface area (Å²) in [6, 6.07) is 1.60. The number of amides is 1. The molecule has 2 aliphatic heterocycles. The Kier molecular flexibility index (Phi) is 4.29. The molecule has 3 aliphatic rings. The lowest BCUT2D eigenvalue weighted by atomic mass is 9.83. The zero-order valence-corrected chi connectivity index (χ0v) is 13.7. The number of hydrogen-bond donors (Lipinski definition) is 0. The molecule has 5 nitrogen and oxygen atoms in total. The average Bonchev–Trinajstić information content (AvgIpc) is 3.44. The van der Waals surface area contributed by atoms with Crippen molar-refractivity contribution in [2.45, 2.75) is 57.0 Å². The maximum atomic E-state index is 12.5. The molecule has 1 aliphatic carbocycles. The number of likely N-dealkylation sites (tertiary alicyclic amines) is 2. The highest BCUT2D eigenvalue weighted by atomic mass is 16.2. The van der Waals surface area contributed by atoms with E-state index in [2.05, 4.69) is 19.8 Å². The molecule has 0 N–H and O–H groups in total. The molecule has 1 saturated carbocycles. The molecule has 4 rings (SSSR count). The summed E-state index contributed by atoms with van der Waals surface area (Å²) >= 11 is 0. The predicted octanol–water partition coefficient (Wildman–Crippen LogP) is 1.88. The Morgan fingerprint density at radius 3 is 2.87 bits per heavy atom. The Labute approximate surface area is 138 Å². The van der Waals surface area contributed by atoms with Gasteiger partial charge < -0.3 is 4.90 Å². The minimum Gasteiger partial charge on any atom is -0.342 e. The van der Waals surface area contributed by atoms with Crippen LogP contribution in [0.3, 0.4) is 0 Å². The normalized spacial score (nSPS) is 28.4. The fourth-order valence-electron chi connectivity index (χ4n) is 4.38. The van der Waals surface area contributed by atoms with Crippen molar-refractivity contribution in [1.82, 2.24) is 19.8 Å². The van der Waals surface area contributed by atoms with E-state index in [1.807, 2.05) is 0 Å². The lowest BCUT2D eigenvalue weighted by molar-refractivity contribution is -0.135. The lowest BCUT2D eigenvalue weighted by Crippen LogP contribution is -2.55. The second-order valence-electron chi connectivity index (χ2n) is 7.26. The molecule has 2 saturated heterocycles. The molecule has 2 atom stereocenters. The number of rotatable bonds is 4. The van der Waals surface area contributed by atoms with Gasteiger partial charge in [-0.1, -0.05) is 0 Å². The molecule has 3 fully saturated rings. The summed E-state index contributed by atoms with van der Waals surface area (Å²) in [6.45, 7) is 3.18. The first kappa shape index (κ1) is 15.1. The van der Waals surface area contributed by atoms with Gasteiger partial charge in [0.1, 0.15) is 0 Å². The van der Waals surface area contributed by atoms with Crippen LogP contribution in [0.25, 0.3) is 0 Å². The number of carbonyl (C=O) groups is 1. The topological polar surface area (TPSA) is 49.3 Å². The van der Waals surface area contributed by atoms with Crippen LogP contribution in [-0.2, 0) is 11.2 Å². The van der Waals surface area contributed by atoms with Gasteiger partial charge in [-0.3, -0.25) is 19.7 Å². The van der Waals surface area contributed by atoms with Crippen LogP contribution < -0.4 is 0 Å². The van der Waals surface area contributed by atoms with Crippen LogP contribution >= 0.6 is 0 Å². The summed E-state index contributed by atoms with van der Waals surface area (Å²) in [6.07, 6.45) is 12.9. The van der Waals surface area contributed by atoms with Crippen LogP contribution in [0.4, 0.5) is 0 Å². The predicted molar refractivity (Wildman–Crippen MR) is 87.8 cm³/mol. The number of nitrogens with zero attached hydrogens (tertiary/aromatic N) is 4. The Morgan fingerprint density at radius 2 is 2.09 bits per heavy atom. The minimum absolute atomic E-state index is 0.289. The van der Waals surface area contributed by atoms with E-state index in [1.165, 1.54) is 32.2 Å². The second-order valence-corrected chi connectivity index (χ2v) is 7.26. The smallest absolute Gasteiger partial charge is 0.222 e. The van der Waals surface area contributed by atoms with Crippen molar-refractivity contribution in [3.05, 3.63) is 24.3 Å². The number of aryl methyl sites for hydroxylation is 1. The molecule has 1 aromatic heterocycles. The molecule has 124 valence electrons. The van der Waals surface area contributed by atoms with Crippen molar-refractivity contribution in [3.8, 4) is 0 Å². The van der Waals surface area contributed by atoms with Crippen LogP contribution in [0.5, 0.6) is 0 Å². The SMILES string of the molecule is O=C(CCc1cnccn1)N1CC[C@H]2[C@@H](CCCN2C2CC2)C1. The molecule has 1 amide bonds. The fraction of sp³-hybridized carbons (Fsp3) is 0.722. The largest absolute Gasteiger partial charge is 0.342 e. The van der Waals surface area contributed by atoms with Crippen molar-refractivity contribution >= 4 is 5.91 Å². The Balaban J connectivity index is 1.31. The van der Waals surface area contributed by atoms with Crippen LogP contribution in [0.15, 0.2) is 18.6 Å². The zero-order chi connectivity index (χ0) is 15.6. The van der Waals surface area contributed by atoms with Gasteiger partial charge in [-0.15, -0.1) is 0 Å². The quantitative estimate of drug-likeness (QED) is 0.851. The highest BCUT2D eigenvalue weighted by Crippen LogP contribution is 2.38. The molecule has 3 heterocycles. The van der Waals surface area contributed by atoms with Gasteiger partial charge in [0.2, 0.25) is 5.91 Å². The molecule has 0 aromatic carbocycles. The summed E-state index contributed by atoms with van der Waals surface area (Å²) in [5.74, 6) is 0.983. The van der Waals surface area contributed by atoms with Crippen molar-refractivity contribution in [2.75, 3.05) is 19.6 Å². The van der Waals surface area contributed by atoms with Gasteiger partial charge >= 0.3 is 0 Å². The second kappa shape index (κ2) is 6.56. The van der Waals surface area contributed by atoms with E-state index in [4.69, 9.17) is 0 Å². The van der Waals surface area contributed by atoms with Crippen LogP contribution in [0, 0.1) is 5.92 Å². The van der Waals surface area contributed by atoms with Crippen LogP contribution in [-0.4, -0.2) is 57.4 Å².